The summed E-state index contributed by atoms with van der Waals surface area (Å²) < 4.78 is 15.4. The molecule has 0 aliphatic heterocycles. The molecule has 2 rings (SSSR count). The van der Waals surface area contributed by atoms with Gasteiger partial charge >= 0.3 is 0 Å². The van der Waals surface area contributed by atoms with E-state index in [1.165, 1.54) is 18.9 Å². The molecular weight excluding hydrogens is 394 g/mol. The topological polar surface area (TPSA) is 0 Å². The van der Waals surface area contributed by atoms with Gasteiger partial charge in [-0.25, -0.2) is 4.39 Å². The molecule has 0 aliphatic rings. The largest absolute Gasteiger partial charge is 0.205 e. The maximum absolute atomic E-state index is 14.0. The lowest BCUT2D eigenvalue weighted by Gasteiger charge is -2.06. The highest BCUT2D eigenvalue weighted by atomic mass is 127. The van der Waals surface area contributed by atoms with E-state index in [9.17, 15) is 4.39 Å². The minimum absolute atomic E-state index is 0.256. The van der Waals surface area contributed by atoms with Crippen LogP contribution in [0.15, 0.2) is 12.1 Å². The number of benzene rings is 1. The Morgan fingerprint density at radius 1 is 1.21 bits per heavy atom. The second-order valence-electron chi connectivity index (χ2n) is 4.69. The zero-order valence-corrected chi connectivity index (χ0v) is 14.8. The van der Waals surface area contributed by atoms with Gasteiger partial charge in [0.2, 0.25) is 0 Å². The summed E-state index contributed by atoms with van der Waals surface area (Å²) >= 11 is 10.1. The van der Waals surface area contributed by atoms with Crippen molar-refractivity contribution in [1.29, 1.82) is 0 Å². The number of rotatable bonds is 3. The van der Waals surface area contributed by atoms with Crippen molar-refractivity contribution in [3.8, 4) is 0 Å². The van der Waals surface area contributed by atoms with Gasteiger partial charge in [0.05, 0.1) is 5.02 Å². The highest BCUT2D eigenvalue weighted by Gasteiger charge is 2.13. The molecule has 0 N–H and O–H groups in total. The second kappa shape index (κ2) is 6.10. The standard InChI is InChI=1S/C15H15ClFIS/c1-8-4-5-11(14(17)13(8)16)6-7-12-9(2)15(18)10(3)19-12/h4-5H,6-7H2,1-3H3. The number of hydrogen-bond donors (Lipinski definition) is 0. The molecule has 0 atom stereocenters. The van der Waals surface area contributed by atoms with Gasteiger partial charge in [-0.2, -0.15) is 0 Å². The number of thiophene rings is 1. The molecular formula is C15H15ClFIS. The Kier molecular flexibility index (Phi) is 4.90. The summed E-state index contributed by atoms with van der Waals surface area (Å²) in [6, 6.07) is 3.73. The number of halogens is 3. The quantitative estimate of drug-likeness (QED) is 0.558. The molecule has 0 spiro atoms. The van der Waals surface area contributed by atoms with E-state index >= 15 is 0 Å². The van der Waals surface area contributed by atoms with Gasteiger partial charge < -0.3 is 0 Å². The molecule has 1 aromatic carbocycles. The highest BCUT2D eigenvalue weighted by molar-refractivity contribution is 14.1. The van der Waals surface area contributed by atoms with Crippen LogP contribution in [0.25, 0.3) is 0 Å². The Bertz CT molecular complexity index is 619. The van der Waals surface area contributed by atoms with E-state index in [1.807, 2.05) is 30.4 Å². The molecule has 2 aromatic rings. The Morgan fingerprint density at radius 3 is 2.47 bits per heavy atom. The summed E-state index contributed by atoms with van der Waals surface area (Å²) in [5.74, 6) is -0.262. The summed E-state index contributed by atoms with van der Waals surface area (Å²) in [4.78, 5) is 2.69. The van der Waals surface area contributed by atoms with Crippen LogP contribution in [0, 0.1) is 30.2 Å². The van der Waals surface area contributed by atoms with E-state index in [1.54, 1.807) is 0 Å². The lowest BCUT2D eigenvalue weighted by Crippen LogP contribution is -1.96. The van der Waals surface area contributed by atoms with Crippen molar-refractivity contribution in [2.24, 2.45) is 0 Å². The van der Waals surface area contributed by atoms with Crippen molar-refractivity contribution >= 4 is 45.5 Å². The van der Waals surface area contributed by atoms with Crippen LogP contribution in [0.1, 0.15) is 26.4 Å². The lowest BCUT2D eigenvalue weighted by atomic mass is 10.1. The normalized spacial score (nSPS) is 11.1. The van der Waals surface area contributed by atoms with Crippen LogP contribution in [-0.2, 0) is 12.8 Å². The van der Waals surface area contributed by atoms with Crippen molar-refractivity contribution in [3.05, 3.63) is 53.0 Å². The Morgan fingerprint density at radius 2 is 1.89 bits per heavy atom. The van der Waals surface area contributed by atoms with E-state index in [0.717, 1.165) is 12.0 Å². The van der Waals surface area contributed by atoms with E-state index in [-0.39, 0.29) is 10.8 Å². The number of hydrogen-bond acceptors (Lipinski definition) is 1. The van der Waals surface area contributed by atoms with Crippen LogP contribution >= 0.6 is 45.5 Å². The van der Waals surface area contributed by atoms with Gasteiger partial charge in [0.25, 0.3) is 0 Å². The van der Waals surface area contributed by atoms with Crippen LogP contribution < -0.4 is 0 Å². The summed E-state index contributed by atoms with van der Waals surface area (Å²) in [6.07, 6.45) is 1.57. The summed E-state index contributed by atoms with van der Waals surface area (Å²) in [5.41, 5.74) is 2.83. The Balaban J connectivity index is 2.19. The first kappa shape index (κ1) is 15.3. The fourth-order valence-corrected chi connectivity index (χ4v) is 4.15. The molecule has 19 heavy (non-hydrogen) atoms. The maximum atomic E-state index is 14.0. The molecule has 0 saturated heterocycles. The Labute approximate surface area is 136 Å². The smallest absolute Gasteiger partial charge is 0.145 e. The van der Waals surface area contributed by atoms with Crippen molar-refractivity contribution in [2.75, 3.05) is 0 Å². The SMILES string of the molecule is Cc1ccc(CCc2sc(C)c(I)c2C)c(F)c1Cl. The molecule has 4 heteroatoms. The molecule has 0 nitrogen and oxygen atoms in total. The molecule has 0 aliphatic carbocycles. The van der Waals surface area contributed by atoms with Crippen molar-refractivity contribution < 1.29 is 4.39 Å². The van der Waals surface area contributed by atoms with Crippen molar-refractivity contribution in [3.63, 3.8) is 0 Å². The lowest BCUT2D eigenvalue weighted by molar-refractivity contribution is 0.608. The molecule has 0 saturated carbocycles. The third-order valence-corrected chi connectivity index (χ3v) is 7.02. The third-order valence-electron chi connectivity index (χ3n) is 3.31. The number of aryl methyl sites for hydroxylation is 4. The zero-order valence-electron chi connectivity index (χ0n) is 11.1. The molecule has 102 valence electrons. The minimum atomic E-state index is -0.262. The summed E-state index contributed by atoms with van der Waals surface area (Å²) in [5, 5.41) is 0.256. The predicted molar refractivity (Wildman–Crippen MR) is 90.1 cm³/mol. The van der Waals surface area contributed by atoms with E-state index in [4.69, 9.17) is 11.6 Å². The average Bonchev–Trinajstić information content (AvgIpc) is 2.63. The maximum Gasteiger partial charge on any atom is 0.145 e. The second-order valence-corrected chi connectivity index (χ2v) is 7.46. The van der Waals surface area contributed by atoms with Crippen LogP contribution in [0.2, 0.25) is 5.02 Å². The third kappa shape index (κ3) is 3.14. The van der Waals surface area contributed by atoms with Gasteiger partial charge in [0.1, 0.15) is 5.82 Å². The van der Waals surface area contributed by atoms with E-state index in [2.05, 4.69) is 36.4 Å². The zero-order chi connectivity index (χ0) is 14.2. The van der Waals surface area contributed by atoms with Crippen LogP contribution in [0.4, 0.5) is 4.39 Å². The van der Waals surface area contributed by atoms with Gasteiger partial charge in [-0.15, -0.1) is 11.3 Å². The van der Waals surface area contributed by atoms with Crippen LogP contribution in [0.5, 0.6) is 0 Å². The summed E-state index contributed by atoms with van der Waals surface area (Å²) in [6.45, 7) is 6.09. The fraction of sp³-hybridized carbons (Fsp3) is 0.333. The highest BCUT2D eigenvalue weighted by Crippen LogP contribution is 2.30. The predicted octanol–water partition coefficient (Wildman–Crippen LogP) is 5.86. The molecule has 1 heterocycles. The first-order chi connectivity index (χ1) is 8.91. The van der Waals surface area contributed by atoms with Gasteiger partial charge in [-0.05, 0) is 72.9 Å². The fourth-order valence-electron chi connectivity index (χ4n) is 2.06. The van der Waals surface area contributed by atoms with Crippen LogP contribution in [-0.4, -0.2) is 0 Å². The van der Waals surface area contributed by atoms with Gasteiger partial charge in [-0.1, -0.05) is 23.7 Å². The van der Waals surface area contributed by atoms with Crippen molar-refractivity contribution in [2.45, 2.75) is 33.6 Å². The monoisotopic (exact) mass is 408 g/mol. The van der Waals surface area contributed by atoms with E-state index < -0.39 is 0 Å². The molecule has 1 aromatic heterocycles. The van der Waals surface area contributed by atoms with Gasteiger partial charge in [0, 0.05) is 13.3 Å². The Hall–Kier alpha value is -0.130. The first-order valence-corrected chi connectivity index (χ1v) is 8.37. The van der Waals surface area contributed by atoms with Gasteiger partial charge in [-0.3, -0.25) is 0 Å². The van der Waals surface area contributed by atoms with E-state index in [0.29, 0.717) is 12.0 Å². The molecule has 0 amide bonds. The van der Waals surface area contributed by atoms with Crippen molar-refractivity contribution in [1.82, 2.24) is 0 Å². The minimum Gasteiger partial charge on any atom is -0.205 e. The molecule has 0 bridgehead atoms. The van der Waals surface area contributed by atoms with Crippen LogP contribution in [0.3, 0.4) is 0 Å². The molecule has 0 fully saturated rings. The first-order valence-electron chi connectivity index (χ1n) is 6.09. The average molecular weight is 409 g/mol. The molecule has 0 unspecified atom stereocenters. The summed E-state index contributed by atoms with van der Waals surface area (Å²) in [7, 11) is 0. The molecule has 0 radical (unpaired) electrons. The van der Waals surface area contributed by atoms with Gasteiger partial charge in [0.15, 0.2) is 0 Å².